The van der Waals surface area contributed by atoms with Gasteiger partial charge in [0.25, 0.3) is 0 Å². The van der Waals surface area contributed by atoms with E-state index in [0.717, 1.165) is 11.5 Å². The first-order valence-electron chi connectivity index (χ1n) is 22.4. The third-order valence-electron chi connectivity index (χ3n) is 16.2. The molecule has 0 saturated carbocycles. The number of hydrogen-bond donors (Lipinski definition) is 0. The van der Waals surface area contributed by atoms with Crippen LogP contribution in [0.5, 0.6) is 11.5 Å². The molecule has 2 nitrogen and oxygen atoms in total. The first-order valence-corrected chi connectivity index (χ1v) is 22.4. The molecule has 13 rings (SSSR count). The van der Waals surface area contributed by atoms with Gasteiger partial charge in [0.2, 0.25) is 0 Å². The predicted octanol–water partition coefficient (Wildman–Crippen LogP) is 14.7. The maximum absolute atomic E-state index is 6.96. The zero-order valence-electron chi connectivity index (χ0n) is 36.3. The Morgan fingerprint density at radius 3 is 1.97 bits per heavy atom. The molecule has 7 aromatic carbocycles. The molecule has 62 heavy (non-hydrogen) atoms. The lowest BCUT2D eigenvalue weighted by Crippen LogP contribution is -2.59. The third-order valence-corrected chi connectivity index (χ3v) is 16.2. The number of allylic oxidation sites excluding steroid dienone is 4. The van der Waals surface area contributed by atoms with Crippen LogP contribution in [-0.2, 0) is 21.7 Å². The van der Waals surface area contributed by atoms with Crippen LogP contribution in [0.25, 0.3) is 22.3 Å². The van der Waals surface area contributed by atoms with Gasteiger partial charge in [-0.3, -0.25) is 0 Å². The summed E-state index contributed by atoms with van der Waals surface area (Å²) in [6, 6.07) is 61.3. The Labute approximate surface area is 365 Å². The van der Waals surface area contributed by atoms with Gasteiger partial charge in [-0.15, -0.1) is 0 Å². The van der Waals surface area contributed by atoms with Crippen LogP contribution >= 0.6 is 0 Å². The minimum atomic E-state index is -0.644. The van der Waals surface area contributed by atoms with Gasteiger partial charge in [0.05, 0.1) is 11.0 Å². The standard InChI is InChI=1S/C60H49NO/c1-37-33-34-57(4)46-26-14-16-28-49(46)61(58(5)36-52-56(2,3)44-24-12-13-25-45(44)59(52,6)53(37)55(57)58)39-31-32-42-41-21-10-11-23-43(41)60(48(42)35-39)47-27-15-17-29-50(47)62-51-30-18-22-40(54(51)60)38-19-8-7-9-20-38/h7-37H,1-6H3. The molecule has 4 aliphatic carbocycles. The highest BCUT2D eigenvalue weighted by Crippen LogP contribution is 2.70. The molecule has 0 saturated heterocycles. The Morgan fingerprint density at radius 1 is 0.532 bits per heavy atom. The second kappa shape index (κ2) is 11.8. The van der Waals surface area contributed by atoms with Crippen LogP contribution in [0.15, 0.2) is 199 Å². The van der Waals surface area contributed by atoms with Crippen LogP contribution in [0.1, 0.15) is 80.5 Å². The fraction of sp³-hybridized carbons (Fsp3) is 0.200. The predicted molar refractivity (Wildman–Crippen MR) is 254 cm³/mol. The zero-order valence-corrected chi connectivity index (χ0v) is 36.3. The average Bonchev–Trinajstić information content (AvgIpc) is 3.67. The molecule has 0 radical (unpaired) electrons. The van der Waals surface area contributed by atoms with E-state index in [1.54, 1.807) is 5.57 Å². The summed E-state index contributed by atoms with van der Waals surface area (Å²) < 4.78 is 6.96. The first-order chi connectivity index (χ1) is 30.0. The SMILES string of the molecule is CC1C=CC2(C)C3=C1C1(C)C(=CC3(C)N(c3ccc4c(c3)C3(c5ccccc5Oc5cccc(-c6ccccc6)c53)c3ccccc3-4)c3ccccc32)C(C)(C)c2ccccc21. The Kier molecular flexibility index (Phi) is 6.88. The van der Waals surface area contributed by atoms with E-state index < -0.39 is 11.0 Å². The summed E-state index contributed by atoms with van der Waals surface area (Å²) in [5.74, 6) is 2.08. The van der Waals surface area contributed by atoms with Crippen molar-refractivity contribution in [1.82, 2.24) is 0 Å². The monoisotopic (exact) mass is 799 g/mol. The van der Waals surface area contributed by atoms with Gasteiger partial charge in [0.15, 0.2) is 0 Å². The molecule has 0 N–H and O–H groups in total. The van der Waals surface area contributed by atoms with Gasteiger partial charge in [-0.2, -0.15) is 0 Å². The fourth-order valence-electron chi connectivity index (χ4n) is 14.0. The highest BCUT2D eigenvalue weighted by atomic mass is 16.5. The summed E-state index contributed by atoms with van der Waals surface area (Å²) >= 11 is 0. The molecule has 300 valence electrons. The number of anilines is 2. The first kappa shape index (κ1) is 36.1. The van der Waals surface area contributed by atoms with Gasteiger partial charge < -0.3 is 9.64 Å². The van der Waals surface area contributed by atoms with Gasteiger partial charge in [0, 0.05) is 38.7 Å². The molecule has 0 aromatic heterocycles. The van der Waals surface area contributed by atoms with E-state index in [9.17, 15) is 0 Å². The van der Waals surface area contributed by atoms with E-state index >= 15 is 0 Å². The van der Waals surface area contributed by atoms with Crippen molar-refractivity contribution in [3.8, 4) is 33.8 Å². The normalized spacial score (nSPS) is 27.2. The molecule has 5 atom stereocenters. The van der Waals surface area contributed by atoms with Crippen molar-refractivity contribution in [2.75, 3.05) is 4.90 Å². The van der Waals surface area contributed by atoms with Gasteiger partial charge in [-0.1, -0.05) is 172 Å². The van der Waals surface area contributed by atoms with Crippen molar-refractivity contribution in [1.29, 1.82) is 0 Å². The summed E-state index contributed by atoms with van der Waals surface area (Å²) in [5, 5.41) is 0. The van der Waals surface area contributed by atoms with Crippen molar-refractivity contribution in [3.63, 3.8) is 0 Å². The number of nitrogens with zero attached hydrogens (tertiary/aromatic N) is 1. The van der Waals surface area contributed by atoms with Crippen molar-refractivity contribution >= 4 is 11.4 Å². The maximum atomic E-state index is 6.96. The molecule has 0 bridgehead atoms. The van der Waals surface area contributed by atoms with E-state index in [1.807, 2.05) is 0 Å². The third kappa shape index (κ3) is 4.08. The quantitative estimate of drug-likeness (QED) is 0.162. The number of rotatable bonds is 2. The molecular weight excluding hydrogens is 751 g/mol. The Bertz CT molecular complexity index is 3220. The second-order valence-corrected chi connectivity index (χ2v) is 19.7. The van der Waals surface area contributed by atoms with Crippen molar-refractivity contribution in [2.24, 2.45) is 5.92 Å². The van der Waals surface area contributed by atoms with Crippen LogP contribution in [0.4, 0.5) is 11.4 Å². The number of para-hydroxylation sites is 2. The fourth-order valence-corrected chi connectivity index (χ4v) is 14.0. The van der Waals surface area contributed by atoms with Crippen molar-refractivity contribution in [2.45, 2.75) is 68.7 Å². The average molecular weight is 800 g/mol. The zero-order chi connectivity index (χ0) is 42.0. The molecule has 6 aliphatic rings. The lowest BCUT2D eigenvalue weighted by molar-refractivity contribution is 0.415. The Balaban J connectivity index is 1.14. The molecular formula is C60H49NO. The molecule has 2 heterocycles. The minimum absolute atomic E-state index is 0.153. The van der Waals surface area contributed by atoms with E-state index in [2.05, 4.69) is 228 Å². The molecule has 7 aromatic rings. The lowest BCUT2D eigenvalue weighted by Gasteiger charge is -2.61. The molecule has 5 unspecified atom stereocenters. The largest absolute Gasteiger partial charge is 0.457 e. The Morgan fingerprint density at radius 2 is 1.16 bits per heavy atom. The van der Waals surface area contributed by atoms with Gasteiger partial charge in [0.1, 0.15) is 11.5 Å². The summed E-state index contributed by atoms with van der Waals surface area (Å²) in [7, 11) is 0. The molecule has 2 aliphatic heterocycles. The number of benzene rings is 7. The number of hydrogen-bond acceptors (Lipinski definition) is 2. The van der Waals surface area contributed by atoms with Crippen LogP contribution in [0, 0.1) is 5.92 Å². The van der Waals surface area contributed by atoms with E-state index in [-0.39, 0.29) is 22.2 Å². The summed E-state index contributed by atoms with van der Waals surface area (Å²) in [4.78, 5) is 2.73. The van der Waals surface area contributed by atoms with E-state index in [0.29, 0.717) is 0 Å². The van der Waals surface area contributed by atoms with Crippen LogP contribution in [0.3, 0.4) is 0 Å². The highest BCUT2D eigenvalue weighted by Gasteiger charge is 2.63. The van der Waals surface area contributed by atoms with Crippen molar-refractivity contribution < 1.29 is 4.74 Å². The summed E-state index contributed by atoms with van der Waals surface area (Å²) in [6.45, 7) is 14.9. The molecule has 0 fully saturated rings. The topological polar surface area (TPSA) is 12.5 Å². The van der Waals surface area contributed by atoms with Crippen LogP contribution < -0.4 is 9.64 Å². The van der Waals surface area contributed by atoms with Crippen LogP contribution in [0.2, 0.25) is 0 Å². The maximum Gasteiger partial charge on any atom is 0.132 e. The number of fused-ring (bicyclic) bond motifs is 15. The van der Waals surface area contributed by atoms with Gasteiger partial charge in [-0.25, -0.2) is 0 Å². The minimum Gasteiger partial charge on any atom is -0.457 e. The van der Waals surface area contributed by atoms with E-state index in [4.69, 9.17) is 4.74 Å². The lowest BCUT2D eigenvalue weighted by atomic mass is 9.50. The summed E-state index contributed by atoms with van der Waals surface area (Å²) in [6.07, 6.45) is 7.76. The Hall–Kier alpha value is -6.64. The second-order valence-electron chi connectivity index (χ2n) is 19.7. The molecule has 2 heteroatoms. The highest BCUT2D eigenvalue weighted by molar-refractivity contribution is 5.94. The molecule has 0 amide bonds. The summed E-state index contributed by atoms with van der Waals surface area (Å²) in [5.41, 5.74) is 19.3. The van der Waals surface area contributed by atoms with Gasteiger partial charge in [-0.05, 0) is 124 Å². The number of ether oxygens (including phenoxy) is 1. The van der Waals surface area contributed by atoms with E-state index in [1.165, 1.54) is 83.7 Å². The van der Waals surface area contributed by atoms with Gasteiger partial charge >= 0.3 is 0 Å². The van der Waals surface area contributed by atoms with Crippen LogP contribution in [-0.4, -0.2) is 5.54 Å². The van der Waals surface area contributed by atoms with Crippen molar-refractivity contribution in [3.05, 3.63) is 238 Å². The molecule has 1 spiro atoms. The smallest absolute Gasteiger partial charge is 0.132 e.